The lowest BCUT2D eigenvalue weighted by molar-refractivity contribution is 0.464. The number of rotatable bonds is 5. The van der Waals surface area contributed by atoms with Crippen LogP contribution in [0.3, 0.4) is 0 Å². The molecule has 8 heteroatoms. The number of halogens is 2. The predicted octanol–water partition coefficient (Wildman–Crippen LogP) is 4.04. The highest BCUT2D eigenvalue weighted by molar-refractivity contribution is 7.87. The van der Waals surface area contributed by atoms with Gasteiger partial charge in [-0.15, -0.1) is 0 Å². The van der Waals surface area contributed by atoms with Crippen LogP contribution in [0.2, 0.25) is 0 Å². The first kappa shape index (κ1) is 18.1. The highest BCUT2D eigenvalue weighted by atomic mass is 32.2. The molecule has 5 nitrogen and oxygen atoms in total. The summed E-state index contributed by atoms with van der Waals surface area (Å²) in [5, 5.41) is 4.35. The molecule has 1 heterocycles. The molecular formula is C18H16F2N2O3S. The fourth-order valence-corrected chi connectivity index (χ4v) is 3.16. The van der Waals surface area contributed by atoms with Gasteiger partial charge in [-0.2, -0.15) is 18.2 Å². The van der Waals surface area contributed by atoms with Crippen molar-refractivity contribution in [2.75, 3.05) is 0 Å². The highest BCUT2D eigenvalue weighted by Crippen LogP contribution is 2.27. The lowest BCUT2D eigenvalue weighted by Crippen LogP contribution is -2.12. The van der Waals surface area contributed by atoms with Crippen molar-refractivity contribution in [3.8, 4) is 11.6 Å². The molecule has 136 valence electrons. The summed E-state index contributed by atoms with van der Waals surface area (Å²) >= 11 is 0. The maximum absolute atomic E-state index is 13.2. The van der Waals surface area contributed by atoms with Crippen LogP contribution in [0, 0.1) is 11.6 Å². The van der Waals surface area contributed by atoms with Crippen LogP contribution in [-0.4, -0.2) is 18.2 Å². The quantitative estimate of drug-likeness (QED) is 0.629. The van der Waals surface area contributed by atoms with Crippen molar-refractivity contribution in [3.63, 3.8) is 0 Å². The molecule has 2 aromatic carbocycles. The van der Waals surface area contributed by atoms with E-state index >= 15 is 0 Å². The van der Waals surface area contributed by atoms with Crippen molar-refractivity contribution in [1.82, 2.24) is 9.78 Å². The van der Waals surface area contributed by atoms with Crippen LogP contribution >= 0.6 is 0 Å². The van der Waals surface area contributed by atoms with E-state index in [0.29, 0.717) is 11.4 Å². The zero-order valence-electron chi connectivity index (χ0n) is 14.1. The Bertz CT molecular complexity index is 1010. The predicted molar refractivity (Wildman–Crippen MR) is 91.8 cm³/mol. The Balaban J connectivity index is 2.03. The Labute approximate surface area is 150 Å². The molecular weight excluding hydrogens is 362 g/mol. The summed E-state index contributed by atoms with van der Waals surface area (Å²) in [5.74, 6) is -0.994. The van der Waals surface area contributed by atoms with E-state index in [-0.39, 0.29) is 16.7 Å². The molecule has 3 rings (SSSR count). The van der Waals surface area contributed by atoms with E-state index in [4.69, 9.17) is 4.18 Å². The van der Waals surface area contributed by atoms with Gasteiger partial charge < -0.3 is 4.18 Å². The third kappa shape index (κ3) is 3.75. The molecule has 0 spiro atoms. The van der Waals surface area contributed by atoms with Crippen molar-refractivity contribution in [3.05, 3.63) is 71.9 Å². The van der Waals surface area contributed by atoms with Gasteiger partial charge in [-0.3, -0.25) is 0 Å². The second kappa shape index (κ2) is 6.87. The van der Waals surface area contributed by atoms with E-state index in [1.807, 2.05) is 13.8 Å². The molecule has 0 amide bonds. The molecule has 0 N–H and O–H groups in total. The maximum atomic E-state index is 13.2. The zero-order valence-corrected chi connectivity index (χ0v) is 14.9. The molecule has 26 heavy (non-hydrogen) atoms. The molecule has 1 aromatic heterocycles. The Morgan fingerprint density at radius 1 is 0.962 bits per heavy atom. The third-order valence-electron chi connectivity index (χ3n) is 3.66. The summed E-state index contributed by atoms with van der Waals surface area (Å²) < 4.78 is 57.7. The fraction of sp³-hybridized carbons (Fsp3) is 0.167. The first-order chi connectivity index (χ1) is 12.3. The summed E-state index contributed by atoms with van der Waals surface area (Å²) in [6, 6.07) is 11.2. The fourth-order valence-electron chi connectivity index (χ4n) is 2.25. The van der Waals surface area contributed by atoms with Gasteiger partial charge in [0.25, 0.3) is 0 Å². The van der Waals surface area contributed by atoms with Crippen molar-refractivity contribution >= 4 is 10.1 Å². The van der Waals surface area contributed by atoms with E-state index in [0.717, 1.165) is 24.3 Å². The molecule has 0 saturated heterocycles. The van der Waals surface area contributed by atoms with Gasteiger partial charge in [0, 0.05) is 6.07 Å². The topological polar surface area (TPSA) is 61.2 Å². The SMILES string of the molecule is CC(C)c1cc(OS(=O)(=O)c2ccc(F)cc2)n(-c2ccc(F)cc2)n1. The van der Waals surface area contributed by atoms with Gasteiger partial charge in [0.2, 0.25) is 5.88 Å². The minimum Gasteiger partial charge on any atom is -0.358 e. The Kier molecular flexibility index (Phi) is 4.78. The van der Waals surface area contributed by atoms with Gasteiger partial charge in [-0.25, -0.2) is 8.78 Å². The molecule has 0 aliphatic rings. The molecule has 0 aliphatic carbocycles. The normalized spacial score (nSPS) is 11.7. The molecule has 3 aromatic rings. The first-order valence-electron chi connectivity index (χ1n) is 7.82. The standard InChI is InChI=1S/C18H16F2N2O3S/c1-12(2)17-11-18(22(21-17)15-7-3-13(19)4-8-15)25-26(23,24)16-9-5-14(20)6-10-16/h3-12H,1-2H3. The van der Waals surface area contributed by atoms with Gasteiger partial charge in [-0.05, 0) is 54.4 Å². The lowest BCUT2D eigenvalue weighted by atomic mass is 10.1. The van der Waals surface area contributed by atoms with Crippen molar-refractivity contribution in [2.24, 2.45) is 0 Å². The molecule has 0 aliphatic heterocycles. The molecule has 0 fully saturated rings. The second-order valence-corrected chi connectivity index (χ2v) is 7.49. The lowest BCUT2D eigenvalue weighted by Gasteiger charge is -2.09. The summed E-state index contributed by atoms with van der Waals surface area (Å²) in [5.41, 5.74) is 1.06. The van der Waals surface area contributed by atoms with E-state index in [1.165, 1.54) is 35.0 Å². The van der Waals surface area contributed by atoms with Crippen molar-refractivity contribution in [2.45, 2.75) is 24.7 Å². The first-order valence-corrected chi connectivity index (χ1v) is 9.23. The minimum absolute atomic E-state index is 0.0209. The van der Waals surface area contributed by atoms with Crippen LogP contribution in [0.5, 0.6) is 5.88 Å². The summed E-state index contributed by atoms with van der Waals surface area (Å²) in [4.78, 5) is -0.183. The largest absolute Gasteiger partial charge is 0.358 e. The number of hydrogen-bond donors (Lipinski definition) is 0. The summed E-state index contributed by atoms with van der Waals surface area (Å²) in [7, 11) is -4.18. The van der Waals surface area contributed by atoms with Crippen LogP contribution in [-0.2, 0) is 10.1 Å². The smallest absolute Gasteiger partial charge is 0.340 e. The minimum atomic E-state index is -4.18. The highest BCUT2D eigenvalue weighted by Gasteiger charge is 2.22. The second-order valence-electron chi connectivity index (χ2n) is 5.94. The van der Waals surface area contributed by atoms with E-state index < -0.39 is 21.8 Å². The van der Waals surface area contributed by atoms with E-state index in [2.05, 4.69) is 5.10 Å². The number of aromatic nitrogens is 2. The van der Waals surface area contributed by atoms with Gasteiger partial charge in [0.05, 0.1) is 11.4 Å². The van der Waals surface area contributed by atoms with E-state index in [1.54, 1.807) is 0 Å². The number of hydrogen-bond acceptors (Lipinski definition) is 4. The molecule has 0 radical (unpaired) electrons. The monoisotopic (exact) mass is 378 g/mol. The van der Waals surface area contributed by atoms with Gasteiger partial charge in [0.1, 0.15) is 16.5 Å². The van der Waals surface area contributed by atoms with Crippen molar-refractivity contribution in [1.29, 1.82) is 0 Å². The zero-order chi connectivity index (χ0) is 18.9. The number of benzene rings is 2. The van der Waals surface area contributed by atoms with Crippen LogP contribution in [0.15, 0.2) is 59.5 Å². The Morgan fingerprint density at radius 2 is 1.50 bits per heavy atom. The molecule has 0 saturated carbocycles. The average Bonchev–Trinajstić information content (AvgIpc) is 2.99. The maximum Gasteiger partial charge on any atom is 0.340 e. The van der Waals surface area contributed by atoms with Crippen LogP contribution in [0.25, 0.3) is 5.69 Å². The van der Waals surface area contributed by atoms with Gasteiger partial charge in [-0.1, -0.05) is 13.8 Å². The van der Waals surface area contributed by atoms with Crippen LogP contribution in [0.1, 0.15) is 25.5 Å². The van der Waals surface area contributed by atoms with Crippen LogP contribution in [0.4, 0.5) is 8.78 Å². The Hall–Kier alpha value is -2.74. The van der Waals surface area contributed by atoms with Gasteiger partial charge >= 0.3 is 10.1 Å². The summed E-state index contributed by atoms with van der Waals surface area (Å²) in [6.07, 6.45) is 0. The molecule has 0 unspecified atom stereocenters. The van der Waals surface area contributed by atoms with Gasteiger partial charge in [0.15, 0.2) is 0 Å². The molecule has 0 atom stereocenters. The average molecular weight is 378 g/mol. The summed E-state index contributed by atoms with van der Waals surface area (Å²) in [6.45, 7) is 3.80. The van der Waals surface area contributed by atoms with Crippen LogP contribution < -0.4 is 4.18 Å². The third-order valence-corrected chi connectivity index (χ3v) is 4.90. The number of nitrogens with zero attached hydrogens (tertiary/aromatic N) is 2. The molecule has 0 bridgehead atoms. The Morgan fingerprint density at radius 3 is 2.04 bits per heavy atom. The van der Waals surface area contributed by atoms with E-state index in [9.17, 15) is 17.2 Å². The van der Waals surface area contributed by atoms with Crippen molar-refractivity contribution < 1.29 is 21.4 Å².